The van der Waals surface area contributed by atoms with Crippen LogP contribution in [0.4, 0.5) is 25.1 Å². The van der Waals surface area contributed by atoms with Crippen molar-refractivity contribution in [3.63, 3.8) is 0 Å². The van der Waals surface area contributed by atoms with Gasteiger partial charge in [0.2, 0.25) is 5.91 Å². The molecule has 1 aliphatic rings. The number of halogens is 2. The Kier molecular flexibility index (Phi) is 6.24. The van der Waals surface area contributed by atoms with E-state index in [2.05, 4.69) is 15.6 Å². The molecule has 30 heavy (non-hydrogen) atoms. The van der Waals surface area contributed by atoms with Crippen molar-refractivity contribution < 1.29 is 28.3 Å². The van der Waals surface area contributed by atoms with Gasteiger partial charge < -0.3 is 25.4 Å². The second-order valence-electron chi connectivity index (χ2n) is 7.03. The Balaban J connectivity index is 1.85. The summed E-state index contributed by atoms with van der Waals surface area (Å²) in [6.45, 7) is 1.77. The van der Waals surface area contributed by atoms with E-state index in [-0.39, 0.29) is 13.0 Å². The normalized spacial score (nSPS) is 17.0. The number of rotatable bonds is 7. The lowest BCUT2D eigenvalue weighted by Crippen LogP contribution is -2.49. The van der Waals surface area contributed by atoms with Crippen LogP contribution in [0.2, 0.25) is 0 Å². The molecule has 1 unspecified atom stereocenters. The van der Waals surface area contributed by atoms with Gasteiger partial charge in [-0.05, 0) is 23.8 Å². The number of carboxylic acid groups (broad SMARTS) is 1. The van der Waals surface area contributed by atoms with Crippen LogP contribution in [-0.4, -0.2) is 47.0 Å². The molecule has 2 heterocycles. The van der Waals surface area contributed by atoms with Crippen molar-refractivity contribution in [2.75, 3.05) is 16.8 Å². The first kappa shape index (κ1) is 21.2. The van der Waals surface area contributed by atoms with Crippen LogP contribution < -0.4 is 15.5 Å². The van der Waals surface area contributed by atoms with Gasteiger partial charge in [-0.1, -0.05) is 19.1 Å². The number of carbonyl (C=O) groups excluding carboxylic acids is 2. The Morgan fingerprint density at radius 2 is 2.00 bits per heavy atom. The Labute approximate surface area is 170 Å². The van der Waals surface area contributed by atoms with Gasteiger partial charge in [-0.25, -0.2) is 18.6 Å². The van der Waals surface area contributed by atoms with Crippen molar-refractivity contribution in [3.05, 3.63) is 53.7 Å². The smallest absolute Gasteiger partial charge is 0.405 e. The molecule has 8 nitrogen and oxygen atoms in total. The number of hydrogen-bond acceptors (Lipinski definition) is 5. The zero-order chi connectivity index (χ0) is 21.8. The summed E-state index contributed by atoms with van der Waals surface area (Å²) in [4.78, 5) is 41.0. The number of fused-ring (bicyclic) bond motifs is 1. The molecule has 2 amide bonds. The molecule has 158 valence electrons. The minimum absolute atomic E-state index is 0.117. The molecule has 1 aliphatic heterocycles. The second-order valence-corrected chi connectivity index (χ2v) is 7.03. The molecule has 0 saturated heterocycles. The minimum atomic E-state index is -1.34. The van der Waals surface area contributed by atoms with Crippen LogP contribution in [0.3, 0.4) is 0 Å². The van der Waals surface area contributed by atoms with E-state index in [4.69, 9.17) is 5.11 Å². The average molecular weight is 418 g/mol. The highest BCUT2D eigenvalue weighted by Crippen LogP contribution is 2.32. The summed E-state index contributed by atoms with van der Waals surface area (Å²) in [6.07, 6.45) is 0.928. The highest BCUT2D eigenvalue weighted by Gasteiger charge is 2.37. The first-order chi connectivity index (χ1) is 14.3. The van der Waals surface area contributed by atoms with E-state index in [9.17, 15) is 23.2 Å². The van der Waals surface area contributed by atoms with Crippen molar-refractivity contribution in [2.45, 2.75) is 25.4 Å². The summed E-state index contributed by atoms with van der Waals surface area (Å²) in [5, 5.41) is 13.3. The van der Waals surface area contributed by atoms with Crippen LogP contribution in [0.5, 0.6) is 0 Å². The van der Waals surface area contributed by atoms with Crippen LogP contribution in [-0.2, 0) is 16.0 Å². The molecule has 10 heteroatoms. The summed E-state index contributed by atoms with van der Waals surface area (Å²) in [5.74, 6) is -2.45. The van der Waals surface area contributed by atoms with Crippen molar-refractivity contribution in [2.24, 2.45) is 5.92 Å². The summed E-state index contributed by atoms with van der Waals surface area (Å²) in [7, 11) is 0. The molecular formula is C20H20F2N4O4. The first-order valence-corrected chi connectivity index (χ1v) is 9.22. The molecule has 3 atom stereocenters. The third-order valence-electron chi connectivity index (χ3n) is 4.98. The molecular weight excluding hydrogens is 398 g/mol. The third-order valence-corrected chi connectivity index (χ3v) is 4.98. The van der Waals surface area contributed by atoms with Crippen molar-refractivity contribution in [3.8, 4) is 0 Å². The average Bonchev–Trinajstić information content (AvgIpc) is 3.07. The predicted octanol–water partition coefficient (Wildman–Crippen LogP) is 2.20. The van der Waals surface area contributed by atoms with E-state index in [1.165, 1.54) is 6.07 Å². The van der Waals surface area contributed by atoms with Crippen LogP contribution in [0.1, 0.15) is 12.5 Å². The molecule has 0 fully saturated rings. The van der Waals surface area contributed by atoms with Crippen molar-refractivity contribution >= 4 is 29.8 Å². The number of anilines is 2. The molecule has 3 rings (SSSR count). The Hall–Kier alpha value is -3.56. The maximum Gasteiger partial charge on any atom is 0.405 e. The fraction of sp³-hybridized carbons (Fsp3) is 0.300. The van der Waals surface area contributed by atoms with Gasteiger partial charge in [0, 0.05) is 25.1 Å². The fourth-order valence-corrected chi connectivity index (χ4v) is 3.46. The Morgan fingerprint density at radius 1 is 1.30 bits per heavy atom. The molecule has 1 aromatic heterocycles. The maximum atomic E-state index is 14.0. The number of hydrogen-bond donors (Lipinski definition) is 3. The molecule has 0 spiro atoms. The highest BCUT2D eigenvalue weighted by atomic mass is 19.1. The van der Waals surface area contributed by atoms with Crippen LogP contribution >= 0.6 is 0 Å². The topological polar surface area (TPSA) is 112 Å². The van der Waals surface area contributed by atoms with Gasteiger partial charge in [-0.3, -0.25) is 4.79 Å². The summed E-state index contributed by atoms with van der Waals surface area (Å²) < 4.78 is 27.9. The predicted molar refractivity (Wildman–Crippen MR) is 104 cm³/mol. The van der Waals surface area contributed by atoms with E-state index >= 15 is 0 Å². The standard InChI is InChI=1S/C20H20F2N4O4/c1-11(15(10-27)24-20(29)30)9-26-16(8-12-4-3-7-23-18(12)26)19(28)25-17-13(21)5-2-6-14(17)22/h2-7,10-11,15-16,24H,8-9H2,1H3,(H,25,28)(H,29,30)/t11-,15?,16-/m0/s1. The molecule has 0 saturated carbocycles. The van der Waals surface area contributed by atoms with Gasteiger partial charge in [0.25, 0.3) is 0 Å². The van der Waals surface area contributed by atoms with Crippen LogP contribution in [0.15, 0.2) is 36.5 Å². The summed E-state index contributed by atoms with van der Waals surface area (Å²) in [5.41, 5.74) is 0.213. The largest absolute Gasteiger partial charge is 0.465 e. The fourth-order valence-electron chi connectivity index (χ4n) is 3.46. The zero-order valence-electron chi connectivity index (χ0n) is 16.0. The lowest BCUT2D eigenvalue weighted by atomic mass is 10.0. The first-order valence-electron chi connectivity index (χ1n) is 9.22. The zero-order valence-corrected chi connectivity index (χ0v) is 16.0. The molecule has 2 aromatic rings. The summed E-state index contributed by atoms with van der Waals surface area (Å²) >= 11 is 0. The third kappa shape index (κ3) is 4.37. The minimum Gasteiger partial charge on any atom is -0.465 e. The van der Waals surface area contributed by atoms with Gasteiger partial charge in [0.05, 0.1) is 6.04 Å². The highest BCUT2D eigenvalue weighted by molar-refractivity contribution is 5.98. The lowest BCUT2D eigenvalue weighted by Gasteiger charge is -2.30. The number of aldehydes is 1. The number of amides is 2. The molecule has 0 bridgehead atoms. The Bertz CT molecular complexity index is 951. The van der Waals surface area contributed by atoms with Gasteiger partial charge in [0.15, 0.2) is 0 Å². The van der Waals surface area contributed by atoms with Gasteiger partial charge in [-0.15, -0.1) is 0 Å². The molecule has 0 radical (unpaired) electrons. The van der Waals surface area contributed by atoms with Gasteiger partial charge >= 0.3 is 6.09 Å². The van der Waals surface area contributed by atoms with E-state index in [0.717, 1.165) is 17.7 Å². The number of carbonyl (C=O) groups is 3. The number of nitrogens with zero attached hydrogens (tertiary/aromatic N) is 2. The monoisotopic (exact) mass is 418 g/mol. The second kappa shape index (κ2) is 8.85. The Morgan fingerprint density at radius 3 is 2.63 bits per heavy atom. The number of aromatic nitrogens is 1. The van der Waals surface area contributed by atoms with Crippen molar-refractivity contribution in [1.29, 1.82) is 0 Å². The lowest BCUT2D eigenvalue weighted by molar-refractivity contribution is -0.117. The SMILES string of the molecule is C[C@@H](CN1c2ncccc2C[C@H]1C(=O)Nc1c(F)cccc1F)C(C=O)NC(=O)O. The summed E-state index contributed by atoms with van der Waals surface area (Å²) in [6, 6.07) is 4.92. The van der Waals surface area contributed by atoms with E-state index in [1.807, 2.05) is 0 Å². The number of benzene rings is 1. The number of para-hydroxylation sites is 1. The van der Waals surface area contributed by atoms with E-state index < -0.39 is 47.3 Å². The van der Waals surface area contributed by atoms with Gasteiger partial charge in [-0.2, -0.15) is 0 Å². The van der Waals surface area contributed by atoms with E-state index in [1.54, 1.807) is 30.2 Å². The van der Waals surface area contributed by atoms with Crippen LogP contribution in [0.25, 0.3) is 0 Å². The molecule has 0 aliphatic carbocycles. The number of nitrogens with one attached hydrogen (secondary N) is 2. The number of pyridine rings is 1. The maximum absolute atomic E-state index is 14.0. The molecule has 1 aromatic carbocycles. The quantitative estimate of drug-likeness (QED) is 0.595. The van der Waals surface area contributed by atoms with Gasteiger partial charge in [0.1, 0.15) is 35.5 Å². The van der Waals surface area contributed by atoms with Crippen molar-refractivity contribution in [1.82, 2.24) is 10.3 Å². The van der Waals surface area contributed by atoms with E-state index in [0.29, 0.717) is 12.1 Å². The molecule has 3 N–H and O–H groups in total. The van der Waals surface area contributed by atoms with Crippen LogP contribution in [0, 0.1) is 17.6 Å².